The minimum atomic E-state index is 0.199. The number of aryl methyl sites for hydroxylation is 1. The van der Waals surface area contributed by atoms with Crippen molar-refractivity contribution in [3.63, 3.8) is 0 Å². The maximum atomic E-state index is 4.76. The lowest BCUT2D eigenvalue weighted by Crippen LogP contribution is -2.09. The Morgan fingerprint density at radius 1 is 1.21 bits per heavy atom. The van der Waals surface area contributed by atoms with Crippen LogP contribution in [0.4, 0.5) is 0 Å². The molecule has 0 bridgehead atoms. The van der Waals surface area contributed by atoms with Crippen LogP contribution in [-0.2, 0) is 13.0 Å². The number of nitrogens with zero attached hydrogens (tertiary/aromatic N) is 5. The third-order valence-electron chi connectivity index (χ3n) is 4.80. The van der Waals surface area contributed by atoms with E-state index in [9.17, 15) is 0 Å². The molecule has 0 amide bonds. The maximum absolute atomic E-state index is 4.76. The van der Waals surface area contributed by atoms with Crippen molar-refractivity contribution in [1.82, 2.24) is 29.5 Å². The van der Waals surface area contributed by atoms with Crippen LogP contribution in [0.15, 0.2) is 67.8 Å². The molecule has 1 N–H and O–H groups in total. The van der Waals surface area contributed by atoms with Gasteiger partial charge in [-0.25, -0.2) is 4.98 Å². The average molecular weight is 372 g/mol. The van der Waals surface area contributed by atoms with Gasteiger partial charge in [-0.2, -0.15) is 10.2 Å². The second-order valence-corrected chi connectivity index (χ2v) is 7.05. The smallest absolute Gasteiger partial charge is 0.0964 e. The maximum Gasteiger partial charge on any atom is 0.0964 e. The van der Waals surface area contributed by atoms with Crippen LogP contribution >= 0.6 is 0 Å². The van der Waals surface area contributed by atoms with Crippen LogP contribution in [0.2, 0.25) is 0 Å². The number of rotatable bonds is 7. The highest BCUT2D eigenvalue weighted by Gasteiger charge is 2.20. The van der Waals surface area contributed by atoms with E-state index in [1.165, 1.54) is 0 Å². The summed E-state index contributed by atoms with van der Waals surface area (Å²) in [7, 11) is 0. The molecule has 6 nitrogen and oxygen atoms in total. The fourth-order valence-corrected chi connectivity index (χ4v) is 3.49. The summed E-state index contributed by atoms with van der Waals surface area (Å²) < 4.78 is 4.11. The van der Waals surface area contributed by atoms with Crippen molar-refractivity contribution in [1.29, 1.82) is 0 Å². The highest BCUT2D eigenvalue weighted by atomic mass is 15.3. The van der Waals surface area contributed by atoms with Crippen molar-refractivity contribution in [2.24, 2.45) is 0 Å². The first-order valence-corrected chi connectivity index (χ1v) is 9.42. The third-order valence-corrected chi connectivity index (χ3v) is 4.80. The van der Waals surface area contributed by atoms with Gasteiger partial charge in [0.15, 0.2) is 0 Å². The number of allylic oxidation sites excluding steroid dienone is 1. The van der Waals surface area contributed by atoms with Crippen LogP contribution in [0.25, 0.3) is 22.5 Å². The highest BCUT2D eigenvalue weighted by Crippen LogP contribution is 2.33. The monoisotopic (exact) mass is 372 g/mol. The molecular weight excluding hydrogens is 348 g/mol. The standard InChI is InChI=1S/C22H24N6/c1-4-10-27-14-19(13-24-27)22-21(18-8-6-5-7-9-18)23-15-28(22)17(3)12-20-11-16(2)25-26-20/h4-9,11,13-15,17H,1,10,12H2,2-3H3,(H,25,26)/t17-/m1/s1. The van der Waals surface area contributed by atoms with Crippen molar-refractivity contribution in [2.75, 3.05) is 0 Å². The molecule has 0 fully saturated rings. The van der Waals surface area contributed by atoms with Gasteiger partial charge in [0.25, 0.3) is 0 Å². The molecule has 4 aromatic rings. The SMILES string of the molecule is C=CCn1cc(-c2c(-c3ccccc3)ncn2[C@H](C)Cc2cc(C)[nH]n2)cn1. The minimum Gasteiger partial charge on any atom is -0.327 e. The molecule has 142 valence electrons. The molecule has 0 aliphatic heterocycles. The molecule has 3 aromatic heterocycles. The first kappa shape index (κ1) is 18.0. The zero-order valence-electron chi connectivity index (χ0n) is 16.2. The second-order valence-electron chi connectivity index (χ2n) is 7.05. The lowest BCUT2D eigenvalue weighted by Gasteiger charge is -2.16. The second kappa shape index (κ2) is 7.68. The van der Waals surface area contributed by atoms with Crippen molar-refractivity contribution < 1.29 is 0 Å². The fourth-order valence-electron chi connectivity index (χ4n) is 3.49. The van der Waals surface area contributed by atoms with Gasteiger partial charge in [0, 0.05) is 35.5 Å². The van der Waals surface area contributed by atoms with Crippen molar-refractivity contribution in [3.05, 3.63) is 79.2 Å². The average Bonchev–Trinajstić information content (AvgIpc) is 3.42. The largest absolute Gasteiger partial charge is 0.327 e. The van der Waals surface area contributed by atoms with Gasteiger partial charge in [-0.1, -0.05) is 36.4 Å². The van der Waals surface area contributed by atoms with E-state index in [2.05, 4.69) is 51.6 Å². The summed E-state index contributed by atoms with van der Waals surface area (Å²) in [4.78, 5) is 4.76. The highest BCUT2D eigenvalue weighted by molar-refractivity contribution is 5.78. The summed E-state index contributed by atoms with van der Waals surface area (Å²) >= 11 is 0. The molecule has 1 aromatic carbocycles. The van der Waals surface area contributed by atoms with E-state index in [0.29, 0.717) is 6.54 Å². The van der Waals surface area contributed by atoms with Crippen molar-refractivity contribution in [2.45, 2.75) is 32.9 Å². The molecule has 0 spiro atoms. The lowest BCUT2D eigenvalue weighted by molar-refractivity contribution is 0.542. The van der Waals surface area contributed by atoms with Crippen LogP contribution < -0.4 is 0 Å². The molecule has 0 aliphatic carbocycles. The Bertz CT molecular complexity index is 1070. The number of aromatic nitrogens is 6. The summed E-state index contributed by atoms with van der Waals surface area (Å²) in [6.45, 7) is 8.69. The Morgan fingerprint density at radius 2 is 2.04 bits per heavy atom. The fraction of sp³-hybridized carbons (Fsp3) is 0.227. The molecular formula is C22H24N6. The zero-order valence-corrected chi connectivity index (χ0v) is 16.2. The predicted octanol–water partition coefficient (Wildman–Crippen LogP) is 4.43. The number of aromatic amines is 1. The molecule has 1 atom stereocenters. The Balaban J connectivity index is 1.77. The van der Waals surface area contributed by atoms with E-state index in [1.807, 2.05) is 54.6 Å². The molecule has 0 saturated carbocycles. The van der Waals surface area contributed by atoms with E-state index in [1.54, 1.807) is 0 Å². The summed E-state index contributed by atoms with van der Waals surface area (Å²) in [6.07, 6.45) is 8.53. The van der Waals surface area contributed by atoms with E-state index < -0.39 is 0 Å². The molecule has 0 saturated heterocycles. The van der Waals surface area contributed by atoms with Gasteiger partial charge in [0.05, 0.1) is 36.2 Å². The Hall–Kier alpha value is -3.41. The molecule has 4 rings (SSSR count). The normalized spacial score (nSPS) is 12.2. The molecule has 6 heteroatoms. The Kier molecular flexibility index (Phi) is 4.93. The number of hydrogen-bond donors (Lipinski definition) is 1. The number of nitrogens with one attached hydrogen (secondary N) is 1. The summed E-state index contributed by atoms with van der Waals surface area (Å²) in [5.41, 5.74) is 6.29. The molecule has 28 heavy (non-hydrogen) atoms. The van der Waals surface area contributed by atoms with E-state index >= 15 is 0 Å². The van der Waals surface area contributed by atoms with Crippen molar-refractivity contribution in [3.8, 4) is 22.5 Å². The predicted molar refractivity (Wildman–Crippen MR) is 111 cm³/mol. The lowest BCUT2D eigenvalue weighted by atomic mass is 10.1. The zero-order chi connectivity index (χ0) is 19.5. The quantitative estimate of drug-likeness (QED) is 0.488. The number of benzene rings is 1. The molecule has 0 unspecified atom stereocenters. The third kappa shape index (κ3) is 3.53. The summed E-state index contributed by atoms with van der Waals surface area (Å²) in [6, 6.07) is 12.6. The van der Waals surface area contributed by atoms with Gasteiger partial charge >= 0.3 is 0 Å². The van der Waals surface area contributed by atoms with Crippen LogP contribution in [-0.4, -0.2) is 29.5 Å². The Labute approximate surface area is 164 Å². The molecule has 0 radical (unpaired) electrons. The van der Waals surface area contributed by atoms with E-state index in [4.69, 9.17) is 4.98 Å². The molecule has 3 heterocycles. The number of imidazole rings is 1. The van der Waals surface area contributed by atoms with Gasteiger partial charge in [0.1, 0.15) is 0 Å². The summed E-state index contributed by atoms with van der Waals surface area (Å²) in [5.74, 6) is 0. The van der Waals surface area contributed by atoms with Gasteiger partial charge in [-0.05, 0) is 19.9 Å². The first-order chi connectivity index (χ1) is 13.7. The molecule has 0 aliphatic rings. The first-order valence-electron chi connectivity index (χ1n) is 9.42. The van der Waals surface area contributed by atoms with Crippen LogP contribution in [0.5, 0.6) is 0 Å². The topological polar surface area (TPSA) is 64.3 Å². The van der Waals surface area contributed by atoms with Crippen LogP contribution in [0, 0.1) is 6.92 Å². The van der Waals surface area contributed by atoms with Gasteiger partial charge in [0.2, 0.25) is 0 Å². The minimum absolute atomic E-state index is 0.199. The van der Waals surface area contributed by atoms with E-state index in [-0.39, 0.29) is 6.04 Å². The van der Waals surface area contributed by atoms with Crippen molar-refractivity contribution >= 4 is 0 Å². The number of H-pyrrole nitrogens is 1. The van der Waals surface area contributed by atoms with Crippen LogP contribution in [0.3, 0.4) is 0 Å². The van der Waals surface area contributed by atoms with Gasteiger partial charge < -0.3 is 4.57 Å². The summed E-state index contributed by atoms with van der Waals surface area (Å²) in [5, 5.41) is 11.9. The van der Waals surface area contributed by atoms with Gasteiger partial charge in [-0.15, -0.1) is 6.58 Å². The van der Waals surface area contributed by atoms with Gasteiger partial charge in [-0.3, -0.25) is 9.78 Å². The van der Waals surface area contributed by atoms with Crippen LogP contribution in [0.1, 0.15) is 24.4 Å². The Morgan fingerprint density at radius 3 is 2.75 bits per heavy atom. The van der Waals surface area contributed by atoms with E-state index in [0.717, 1.165) is 40.3 Å². The number of hydrogen-bond acceptors (Lipinski definition) is 3.